The number of carbonyl (C=O) groups excluding carboxylic acids is 2. The molecular formula is C21H22N2O2. The minimum atomic E-state index is -0.520. The summed E-state index contributed by atoms with van der Waals surface area (Å²) in [5.74, 6) is -0.169. The standard InChI is InChI=1S/C21H22N2O2/c1-3-19-15-22(14-17-10-6-4-7-11-17)20(24)16(2)23(19)21(25)18-12-8-5-9-13-18/h3-13,16,19H,1,14-15H2,2H3/t16-,19?/m0/s1. The molecule has 0 N–H and O–H groups in total. The van der Waals surface area contributed by atoms with E-state index in [9.17, 15) is 9.59 Å². The van der Waals surface area contributed by atoms with Crippen molar-refractivity contribution in [2.45, 2.75) is 25.6 Å². The summed E-state index contributed by atoms with van der Waals surface area (Å²) in [6.07, 6.45) is 1.75. The van der Waals surface area contributed by atoms with Crippen LogP contribution in [0, 0.1) is 0 Å². The molecule has 2 aromatic carbocycles. The summed E-state index contributed by atoms with van der Waals surface area (Å²) in [7, 11) is 0. The molecule has 4 nitrogen and oxygen atoms in total. The summed E-state index contributed by atoms with van der Waals surface area (Å²) in [4.78, 5) is 29.2. The molecule has 0 spiro atoms. The van der Waals surface area contributed by atoms with Crippen molar-refractivity contribution in [3.05, 3.63) is 84.4 Å². The summed E-state index contributed by atoms with van der Waals surface area (Å²) in [5, 5.41) is 0. The zero-order chi connectivity index (χ0) is 17.8. The van der Waals surface area contributed by atoms with E-state index in [0.29, 0.717) is 18.7 Å². The number of benzene rings is 2. The fourth-order valence-electron chi connectivity index (χ4n) is 3.26. The Bertz CT molecular complexity index is 756. The number of nitrogens with zero attached hydrogens (tertiary/aromatic N) is 2. The van der Waals surface area contributed by atoms with Gasteiger partial charge in [-0.05, 0) is 24.6 Å². The first-order valence-corrected chi connectivity index (χ1v) is 8.45. The predicted molar refractivity (Wildman–Crippen MR) is 97.9 cm³/mol. The number of carbonyl (C=O) groups is 2. The Labute approximate surface area is 148 Å². The summed E-state index contributed by atoms with van der Waals surface area (Å²) in [5.41, 5.74) is 1.67. The lowest BCUT2D eigenvalue weighted by atomic mass is 10.0. The molecule has 0 radical (unpaired) electrons. The van der Waals surface area contributed by atoms with Gasteiger partial charge in [-0.2, -0.15) is 0 Å². The molecule has 25 heavy (non-hydrogen) atoms. The fourth-order valence-corrected chi connectivity index (χ4v) is 3.26. The molecule has 0 bridgehead atoms. The summed E-state index contributed by atoms with van der Waals surface area (Å²) < 4.78 is 0. The van der Waals surface area contributed by atoms with E-state index >= 15 is 0 Å². The van der Waals surface area contributed by atoms with Crippen LogP contribution in [0.1, 0.15) is 22.8 Å². The van der Waals surface area contributed by atoms with Gasteiger partial charge < -0.3 is 9.80 Å². The Balaban J connectivity index is 1.82. The highest BCUT2D eigenvalue weighted by Crippen LogP contribution is 2.22. The zero-order valence-electron chi connectivity index (χ0n) is 14.3. The third kappa shape index (κ3) is 3.48. The Morgan fingerprint density at radius 1 is 1.12 bits per heavy atom. The van der Waals surface area contributed by atoms with Crippen molar-refractivity contribution in [1.82, 2.24) is 9.80 Å². The summed E-state index contributed by atoms with van der Waals surface area (Å²) in [6.45, 7) is 6.67. The van der Waals surface area contributed by atoms with Gasteiger partial charge in [0.15, 0.2) is 0 Å². The topological polar surface area (TPSA) is 40.6 Å². The van der Waals surface area contributed by atoms with Gasteiger partial charge >= 0.3 is 0 Å². The SMILES string of the molecule is C=CC1CN(Cc2ccccc2)C(=O)[C@H](C)N1C(=O)c1ccccc1. The van der Waals surface area contributed by atoms with Crippen LogP contribution in [0.5, 0.6) is 0 Å². The number of hydrogen-bond donors (Lipinski definition) is 0. The summed E-state index contributed by atoms with van der Waals surface area (Å²) >= 11 is 0. The van der Waals surface area contributed by atoms with Crippen molar-refractivity contribution in [1.29, 1.82) is 0 Å². The second-order valence-electron chi connectivity index (χ2n) is 6.26. The predicted octanol–water partition coefficient (Wildman–Crippen LogP) is 3.11. The van der Waals surface area contributed by atoms with Crippen LogP contribution in [0.25, 0.3) is 0 Å². The van der Waals surface area contributed by atoms with Gasteiger partial charge in [0.05, 0.1) is 6.04 Å². The lowest BCUT2D eigenvalue weighted by Gasteiger charge is -2.44. The number of piperazine rings is 1. The molecule has 1 unspecified atom stereocenters. The molecule has 1 heterocycles. The molecule has 2 aromatic rings. The van der Waals surface area contributed by atoms with Crippen LogP contribution < -0.4 is 0 Å². The number of amides is 2. The summed E-state index contributed by atoms with van der Waals surface area (Å²) in [6, 6.07) is 18.2. The van der Waals surface area contributed by atoms with Gasteiger partial charge in [-0.3, -0.25) is 9.59 Å². The van der Waals surface area contributed by atoms with Crippen molar-refractivity contribution in [2.24, 2.45) is 0 Å². The Kier molecular flexibility index (Phi) is 4.98. The first kappa shape index (κ1) is 17.0. The van der Waals surface area contributed by atoms with E-state index < -0.39 is 6.04 Å². The molecule has 1 fully saturated rings. The second-order valence-corrected chi connectivity index (χ2v) is 6.26. The fraction of sp³-hybridized carbons (Fsp3) is 0.238. The molecule has 1 saturated heterocycles. The normalized spacial score (nSPS) is 20.4. The third-order valence-electron chi connectivity index (χ3n) is 4.59. The second kappa shape index (κ2) is 7.34. The lowest BCUT2D eigenvalue weighted by molar-refractivity contribution is -0.141. The maximum absolute atomic E-state index is 12.9. The van der Waals surface area contributed by atoms with Crippen LogP contribution in [0.4, 0.5) is 0 Å². The van der Waals surface area contributed by atoms with E-state index in [1.807, 2.05) is 48.5 Å². The molecule has 2 atom stereocenters. The molecule has 2 amide bonds. The third-order valence-corrected chi connectivity index (χ3v) is 4.59. The van der Waals surface area contributed by atoms with Crippen LogP contribution >= 0.6 is 0 Å². The largest absolute Gasteiger partial charge is 0.334 e. The highest BCUT2D eigenvalue weighted by atomic mass is 16.2. The molecule has 128 valence electrons. The quantitative estimate of drug-likeness (QED) is 0.806. The van der Waals surface area contributed by atoms with Crippen molar-refractivity contribution < 1.29 is 9.59 Å². The molecule has 0 saturated carbocycles. The van der Waals surface area contributed by atoms with Gasteiger partial charge in [-0.25, -0.2) is 0 Å². The van der Waals surface area contributed by atoms with E-state index in [1.54, 1.807) is 34.9 Å². The minimum absolute atomic E-state index is 0.0359. The van der Waals surface area contributed by atoms with Crippen molar-refractivity contribution in [3.8, 4) is 0 Å². The van der Waals surface area contributed by atoms with Gasteiger partial charge in [0, 0.05) is 18.7 Å². The van der Waals surface area contributed by atoms with E-state index in [4.69, 9.17) is 0 Å². The first-order valence-electron chi connectivity index (χ1n) is 8.45. The number of hydrogen-bond acceptors (Lipinski definition) is 2. The smallest absolute Gasteiger partial charge is 0.255 e. The van der Waals surface area contributed by atoms with E-state index in [0.717, 1.165) is 5.56 Å². The lowest BCUT2D eigenvalue weighted by Crippen LogP contribution is -2.61. The first-order chi connectivity index (χ1) is 12.1. The molecule has 0 aromatic heterocycles. The Morgan fingerprint density at radius 2 is 1.72 bits per heavy atom. The zero-order valence-corrected chi connectivity index (χ0v) is 14.3. The van der Waals surface area contributed by atoms with Gasteiger partial charge in [0.1, 0.15) is 6.04 Å². The Hall–Kier alpha value is -2.88. The van der Waals surface area contributed by atoms with Crippen LogP contribution in [0.3, 0.4) is 0 Å². The van der Waals surface area contributed by atoms with Crippen molar-refractivity contribution in [2.75, 3.05) is 6.54 Å². The van der Waals surface area contributed by atoms with Crippen LogP contribution in [0.2, 0.25) is 0 Å². The van der Waals surface area contributed by atoms with Gasteiger partial charge in [0.25, 0.3) is 5.91 Å². The van der Waals surface area contributed by atoms with E-state index in [-0.39, 0.29) is 17.9 Å². The van der Waals surface area contributed by atoms with Crippen molar-refractivity contribution in [3.63, 3.8) is 0 Å². The highest BCUT2D eigenvalue weighted by molar-refractivity contribution is 5.98. The monoisotopic (exact) mass is 334 g/mol. The van der Waals surface area contributed by atoms with E-state index in [2.05, 4.69) is 6.58 Å². The molecular weight excluding hydrogens is 312 g/mol. The van der Waals surface area contributed by atoms with Crippen molar-refractivity contribution >= 4 is 11.8 Å². The van der Waals surface area contributed by atoms with Crippen LogP contribution in [-0.2, 0) is 11.3 Å². The molecule has 1 aliphatic rings. The maximum Gasteiger partial charge on any atom is 0.255 e. The van der Waals surface area contributed by atoms with Gasteiger partial charge in [-0.1, -0.05) is 54.6 Å². The number of rotatable bonds is 4. The molecule has 1 aliphatic heterocycles. The molecule has 0 aliphatic carbocycles. The van der Waals surface area contributed by atoms with Crippen LogP contribution in [-0.4, -0.2) is 40.2 Å². The Morgan fingerprint density at radius 3 is 2.32 bits per heavy atom. The minimum Gasteiger partial charge on any atom is -0.334 e. The van der Waals surface area contributed by atoms with Gasteiger partial charge in [-0.15, -0.1) is 6.58 Å². The molecule has 3 rings (SSSR count). The van der Waals surface area contributed by atoms with E-state index in [1.165, 1.54) is 0 Å². The average molecular weight is 334 g/mol. The highest BCUT2D eigenvalue weighted by Gasteiger charge is 2.39. The molecule has 4 heteroatoms. The van der Waals surface area contributed by atoms with Gasteiger partial charge in [0.2, 0.25) is 5.91 Å². The maximum atomic E-state index is 12.9. The average Bonchev–Trinajstić information content (AvgIpc) is 2.66. The van der Waals surface area contributed by atoms with Crippen LogP contribution in [0.15, 0.2) is 73.3 Å².